The first-order chi connectivity index (χ1) is 1.41. The monoisotopic (exact) mass is 552 g/mol. The topological polar surface area (TPSA) is 0 Å². The van der Waals surface area contributed by atoms with Gasteiger partial charge in [0.2, 0.25) is 0 Å². The Kier molecular flexibility index (Phi) is 22.0. The van der Waals surface area contributed by atoms with E-state index in [1.165, 1.54) is 0 Å². The molecule has 0 nitrogen and oxygen atoms in total. The van der Waals surface area contributed by atoms with Crippen LogP contribution in [0.2, 0.25) is 0 Å². The molecule has 0 unspecified atom stereocenters. The van der Waals surface area contributed by atoms with Gasteiger partial charge in [0.25, 0.3) is 0 Å². The molecule has 4 heavy (non-hydrogen) atoms. The third-order valence-electron chi connectivity index (χ3n) is 0. The molecule has 0 atom stereocenters. The van der Waals surface area contributed by atoms with Crippen molar-refractivity contribution in [3.63, 3.8) is 0 Å². The fraction of sp³-hybridized carbons (Fsp3) is 0. The van der Waals surface area contributed by atoms with Gasteiger partial charge in [0.1, 0.15) is 0 Å². The van der Waals surface area contributed by atoms with E-state index in [0.29, 0.717) is 13.3 Å². The van der Waals surface area contributed by atoms with Crippen LogP contribution in [0, 0.1) is 0 Å². The molecule has 0 fully saturated rings. The first-order valence-corrected chi connectivity index (χ1v) is 11.0. The second-order valence-corrected chi connectivity index (χ2v) is 11.6. The van der Waals surface area contributed by atoms with Crippen LogP contribution in [0.3, 0.4) is 0 Å². The van der Waals surface area contributed by atoms with E-state index in [4.69, 9.17) is 0 Å². The summed E-state index contributed by atoms with van der Waals surface area (Å²) in [6.45, 7) is 0. The molecule has 0 aliphatic rings. The second kappa shape index (κ2) is 9.08. The van der Waals surface area contributed by atoms with Crippen LogP contribution in [0.25, 0.3) is 0 Å². The van der Waals surface area contributed by atoms with Crippen LogP contribution in [-0.4, -0.2) is 25.6 Å². The van der Waals surface area contributed by atoms with Crippen LogP contribution >= 0.6 is 0 Å². The zero-order valence-corrected chi connectivity index (χ0v) is 9.30. The molecular weight excluding hydrogens is 550 g/mol. The van der Waals surface area contributed by atoms with Gasteiger partial charge in [-0.3, -0.25) is 0 Å². The van der Waals surface area contributed by atoms with Crippen molar-refractivity contribution in [2.24, 2.45) is 0 Å². The number of hydrogen-bond acceptors (Lipinski definition) is 0. The average Bonchev–Trinajstić information content (AvgIpc) is 0.918. The Morgan fingerprint density at radius 2 is 1.25 bits per heavy atom. The molecule has 1 radical (unpaired) electrons. The van der Waals surface area contributed by atoms with Crippen LogP contribution in [0.15, 0.2) is 0 Å². The minimum absolute atomic E-state index is 0. The molecule has 0 heterocycles. The maximum atomic E-state index is 2.86. The molecule has 0 aromatic heterocycles. The zero-order valence-electron chi connectivity index (χ0n) is 1.43. The van der Waals surface area contributed by atoms with Crippen molar-refractivity contribution in [2.75, 3.05) is 0 Å². The van der Waals surface area contributed by atoms with Gasteiger partial charge in [0.15, 0.2) is 0 Å². The Bertz CT molecular complexity index is 27.0. The summed E-state index contributed by atoms with van der Waals surface area (Å²) in [6.07, 6.45) is 0. The van der Waals surface area contributed by atoms with E-state index in [0.717, 1.165) is 0 Å². The molecule has 0 aromatic rings. The predicted octanol–water partition coefficient (Wildman–Crippen LogP) is -0.767. The van der Waals surface area contributed by atoms with Crippen LogP contribution in [-0.2, 0) is 35.6 Å². The minimum atomic E-state index is 0. The second-order valence-electron chi connectivity index (χ2n) is 0.0527. The zero-order chi connectivity index (χ0) is 2.71. The summed E-state index contributed by atoms with van der Waals surface area (Å²) in [6, 6.07) is 0. The summed E-state index contributed by atoms with van der Waals surface area (Å²) in [7, 11) is 0. The van der Waals surface area contributed by atoms with E-state index in [-0.39, 0.29) is 22.4 Å². The van der Waals surface area contributed by atoms with Gasteiger partial charge in [0.05, 0.1) is 0 Å². The molecule has 0 amide bonds. The Morgan fingerprint density at radius 3 is 1.25 bits per heavy atom. The number of hydrogen-bond donors (Lipinski definition) is 0. The standard InChI is InChI=1S/Au.Pt.2Se. The SMILES string of the molecule is [Au].[Se]=[Pt]=[Se]. The molecule has 0 N–H and O–H groups in total. The molecule has 0 aliphatic heterocycles. The van der Waals surface area contributed by atoms with Crippen molar-refractivity contribution in [1.82, 2.24) is 0 Å². The Labute approximate surface area is 60.3 Å². The third kappa shape index (κ3) is 8.82. The van der Waals surface area contributed by atoms with Crippen LogP contribution in [0.4, 0.5) is 0 Å². The molecule has 0 rings (SSSR count). The van der Waals surface area contributed by atoms with Crippen molar-refractivity contribution in [2.45, 2.75) is 0 Å². The van der Waals surface area contributed by atoms with Crippen molar-refractivity contribution in [1.29, 1.82) is 0 Å². The molecule has 0 saturated carbocycles. The van der Waals surface area contributed by atoms with Crippen molar-refractivity contribution < 1.29 is 35.6 Å². The normalized spacial score (nSPS) is 5.00. The predicted molar refractivity (Wildman–Crippen MR) is 11.5 cm³/mol. The van der Waals surface area contributed by atoms with Crippen molar-refractivity contribution in [3.05, 3.63) is 0 Å². The first kappa shape index (κ1) is 9.69. The molecule has 0 aromatic carbocycles. The van der Waals surface area contributed by atoms with Gasteiger partial charge in [-0.05, 0) is 0 Å². The van der Waals surface area contributed by atoms with Crippen molar-refractivity contribution in [3.8, 4) is 0 Å². The van der Waals surface area contributed by atoms with E-state index in [9.17, 15) is 0 Å². The van der Waals surface area contributed by atoms with E-state index in [1.54, 1.807) is 0 Å². The summed E-state index contributed by atoms with van der Waals surface area (Å²) in [4.78, 5) is 0. The van der Waals surface area contributed by atoms with Gasteiger partial charge < -0.3 is 0 Å². The van der Waals surface area contributed by atoms with Crippen LogP contribution < -0.4 is 0 Å². The van der Waals surface area contributed by atoms with Crippen LogP contribution in [0.1, 0.15) is 0 Å². The van der Waals surface area contributed by atoms with E-state index in [1.807, 2.05) is 0 Å². The third-order valence-corrected chi connectivity index (χ3v) is 0. The van der Waals surface area contributed by atoms with Crippen LogP contribution in [0.5, 0.6) is 0 Å². The van der Waals surface area contributed by atoms with Gasteiger partial charge >= 0.3 is 38.9 Å². The molecule has 33 valence electrons. The van der Waals surface area contributed by atoms with E-state index < -0.39 is 0 Å². The molecule has 4 heteroatoms. The Hall–Kier alpha value is 2.47. The summed E-state index contributed by atoms with van der Waals surface area (Å²) < 4.78 is 0. The average molecular weight is 550 g/mol. The van der Waals surface area contributed by atoms with Gasteiger partial charge in [-0.15, -0.1) is 0 Å². The fourth-order valence-corrected chi connectivity index (χ4v) is 0. The Balaban J connectivity index is 0. The van der Waals surface area contributed by atoms with Gasteiger partial charge in [-0.1, -0.05) is 0 Å². The van der Waals surface area contributed by atoms with Gasteiger partial charge in [0, 0.05) is 22.4 Å². The molecule has 0 aliphatic carbocycles. The van der Waals surface area contributed by atoms with Crippen molar-refractivity contribution >= 4 is 25.6 Å². The fourth-order valence-electron chi connectivity index (χ4n) is 0. The van der Waals surface area contributed by atoms with E-state index in [2.05, 4.69) is 25.6 Å². The summed E-state index contributed by atoms with van der Waals surface area (Å²) in [5, 5.41) is 0. The molecule has 0 saturated heterocycles. The number of rotatable bonds is 0. The maximum absolute atomic E-state index is 2.86. The molecule has 0 spiro atoms. The Morgan fingerprint density at radius 1 is 1.25 bits per heavy atom. The summed E-state index contributed by atoms with van der Waals surface area (Å²) in [5.74, 6) is 0. The quantitative estimate of drug-likeness (QED) is 0.349. The summed E-state index contributed by atoms with van der Waals surface area (Å²) in [5.41, 5.74) is 0. The van der Waals surface area contributed by atoms with Gasteiger partial charge in [-0.2, -0.15) is 0 Å². The van der Waals surface area contributed by atoms with E-state index >= 15 is 0 Å². The molecular formula is AuPtSe2. The first-order valence-electron chi connectivity index (χ1n) is 0.258. The molecule has 0 bridgehead atoms. The van der Waals surface area contributed by atoms with Gasteiger partial charge in [-0.25, -0.2) is 0 Å². The summed E-state index contributed by atoms with van der Waals surface area (Å²) >= 11 is 6.06.